The number of hydrogen-bond donors (Lipinski definition) is 2. The van der Waals surface area contributed by atoms with Crippen LogP contribution in [0.5, 0.6) is 0 Å². The van der Waals surface area contributed by atoms with Crippen molar-refractivity contribution >= 4 is 53.7 Å². The quantitative estimate of drug-likeness (QED) is 0.337. The van der Waals surface area contributed by atoms with Gasteiger partial charge in [-0.2, -0.15) is 11.8 Å². The summed E-state index contributed by atoms with van der Waals surface area (Å²) in [4.78, 5) is 43.5. The summed E-state index contributed by atoms with van der Waals surface area (Å²) >= 11 is 3.25. The SMILES string of the molecule is CC(C)CC(=O)N1[CH]CSC1C(=O)N[C@@H](CSCC1CCCCC1)C(=O)N1CCC(NCc2ccccc2)CC1.Cl. The van der Waals surface area contributed by atoms with Gasteiger partial charge in [0.25, 0.3) is 5.91 Å². The first-order valence-corrected chi connectivity index (χ1v) is 17.3. The molecule has 1 aromatic rings. The molecule has 0 spiro atoms. The van der Waals surface area contributed by atoms with Gasteiger partial charge in [0, 0.05) is 43.6 Å². The maximum Gasteiger partial charge on any atom is 0.254 e. The summed E-state index contributed by atoms with van der Waals surface area (Å²) in [7, 11) is 0. The number of hydrogen-bond acceptors (Lipinski definition) is 6. The number of thioether (sulfide) groups is 2. The molecule has 1 aliphatic carbocycles. The van der Waals surface area contributed by atoms with Gasteiger partial charge >= 0.3 is 0 Å². The van der Waals surface area contributed by atoms with Crippen molar-refractivity contribution in [3.8, 4) is 0 Å². The number of halogens is 1. The second kappa shape index (κ2) is 17.6. The van der Waals surface area contributed by atoms with Crippen molar-refractivity contribution in [2.45, 2.75) is 89.2 Å². The predicted molar refractivity (Wildman–Crippen MR) is 173 cm³/mol. The zero-order valence-corrected chi connectivity index (χ0v) is 27.0. The fraction of sp³-hybridized carbons (Fsp3) is 0.677. The number of nitrogens with zero attached hydrogens (tertiary/aromatic N) is 2. The molecule has 2 N–H and O–H groups in total. The Morgan fingerprint density at radius 1 is 1.02 bits per heavy atom. The minimum atomic E-state index is -0.599. The van der Waals surface area contributed by atoms with Crippen LogP contribution in [0, 0.1) is 18.4 Å². The van der Waals surface area contributed by atoms with E-state index in [0.717, 1.165) is 25.1 Å². The third kappa shape index (κ3) is 10.7. The molecule has 1 radical (unpaired) electrons. The lowest BCUT2D eigenvalue weighted by molar-refractivity contribution is -0.139. The Labute approximate surface area is 261 Å². The number of likely N-dealkylation sites (tertiary alicyclic amines) is 1. The van der Waals surface area contributed by atoms with Gasteiger partial charge in [0.2, 0.25) is 11.8 Å². The number of piperidine rings is 1. The topological polar surface area (TPSA) is 81.8 Å². The Morgan fingerprint density at radius 3 is 2.41 bits per heavy atom. The number of rotatable bonds is 12. The summed E-state index contributed by atoms with van der Waals surface area (Å²) in [5.74, 6) is 2.93. The van der Waals surface area contributed by atoms with E-state index in [2.05, 4.69) is 34.9 Å². The Bertz CT molecular complexity index is 956. The van der Waals surface area contributed by atoms with Crippen LogP contribution in [0.2, 0.25) is 0 Å². The van der Waals surface area contributed by atoms with E-state index in [1.165, 1.54) is 49.4 Å². The molecule has 1 saturated carbocycles. The van der Waals surface area contributed by atoms with E-state index in [1.807, 2.05) is 31.4 Å². The number of carbonyl (C=O) groups excluding carboxylic acids is 3. The van der Waals surface area contributed by atoms with Crippen LogP contribution in [0.3, 0.4) is 0 Å². The lowest BCUT2D eigenvalue weighted by atomic mass is 9.91. The average Bonchev–Trinajstić information content (AvgIpc) is 3.47. The summed E-state index contributed by atoms with van der Waals surface area (Å²) in [6.45, 7) is 8.05. The van der Waals surface area contributed by atoms with Gasteiger partial charge in [-0.1, -0.05) is 63.4 Å². The van der Waals surface area contributed by atoms with E-state index in [-0.39, 0.29) is 36.0 Å². The first-order valence-electron chi connectivity index (χ1n) is 15.1. The molecule has 3 fully saturated rings. The molecule has 229 valence electrons. The highest BCUT2D eigenvalue weighted by Crippen LogP contribution is 2.29. The maximum absolute atomic E-state index is 13.8. The molecule has 0 bridgehead atoms. The molecule has 3 amide bonds. The first kappa shape index (κ1) is 34.1. The summed E-state index contributed by atoms with van der Waals surface area (Å²) < 4.78 is 0. The van der Waals surface area contributed by atoms with Crippen molar-refractivity contribution in [1.29, 1.82) is 0 Å². The van der Waals surface area contributed by atoms with Gasteiger partial charge in [-0.25, -0.2) is 0 Å². The van der Waals surface area contributed by atoms with Gasteiger partial charge in [-0.3, -0.25) is 14.4 Å². The van der Waals surface area contributed by atoms with Gasteiger partial charge in [0.1, 0.15) is 6.04 Å². The summed E-state index contributed by atoms with van der Waals surface area (Å²) in [6, 6.07) is 10.2. The third-order valence-electron chi connectivity index (χ3n) is 8.09. The number of benzene rings is 1. The van der Waals surface area contributed by atoms with Crippen molar-refractivity contribution in [2.24, 2.45) is 11.8 Å². The molecular formula is C31H48ClN4O3S2. The molecule has 2 saturated heterocycles. The van der Waals surface area contributed by atoms with Crippen molar-refractivity contribution in [1.82, 2.24) is 20.4 Å². The second-order valence-corrected chi connectivity index (χ2v) is 14.0. The van der Waals surface area contributed by atoms with Crippen LogP contribution < -0.4 is 10.6 Å². The molecule has 3 aliphatic rings. The number of carbonyl (C=O) groups is 3. The standard InChI is InChI=1S/C31H47N4O3S2.ClH/c1-23(2)19-28(36)35-17-18-40-31(35)29(37)33-27(22-39-21-25-11-7-4-8-12-25)30(38)34-15-13-26(14-16-34)32-20-24-9-5-3-6-10-24;/h3,5-6,9-10,17,23,25-27,31-32H,4,7-8,11-16,18-22H2,1-2H3,(H,33,37);1H/t27-,31?;/m0./s1. The van der Waals surface area contributed by atoms with Crippen LogP contribution >= 0.6 is 35.9 Å². The fourth-order valence-corrected chi connectivity index (χ4v) is 8.06. The fourth-order valence-electron chi connectivity index (χ4n) is 5.79. The van der Waals surface area contributed by atoms with Gasteiger partial charge in [-0.05, 0) is 48.8 Å². The Hall–Kier alpha value is -1.42. The Balaban J connectivity index is 0.00000462. The average molecular weight is 624 g/mol. The molecule has 4 rings (SSSR count). The van der Waals surface area contributed by atoms with E-state index < -0.39 is 11.4 Å². The summed E-state index contributed by atoms with van der Waals surface area (Å²) in [6.07, 6.45) is 8.68. The molecule has 7 nitrogen and oxygen atoms in total. The van der Waals surface area contributed by atoms with E-state index >= 15 is 0 Å². The molecule has 0 aromatic heterocycles. The smallest absolute Gasteiger partial charge is 0.254 e. The normalized spacial score (nSPS) is 21.0. The highest BCUT2D eigenvalue weighted by molar-refractivity contribution is 8.01. The van der Waals surface area contributed by atoms with E-state index in [1.54, 1.807) is 16.7 Å². The highest BCUT2D eigenvalue weighted by Gasteiger charge is 2.38. The molecule has 2 heterocycles. The number of amides is 3. The zero-order chi connectivity index (χ0) is 28.3. The Morgan fingerprint density at radius 2 is 1.73 bits per heavy atom. The van der Waals surface area contributed by atoms with Gasteiger partial charge in [0.15, 0.2) is 5.37 Å². The van der Waals surface area contributed by atoms with Crippen LogP contribution in [-0.4, -0.2) is 75.3 Å². The molecule has 2 atom stereocenters. The minimum Gasteiger partial charge on any atom is -0.341 e. The molecule has 41 heavy (non-hydrogen) atoms. The molecule has 1 unspecified atom stereocenters. The van der Waals surface area contributed by atoms with Crippen molar-refractivity contribution in [3.05, 3.63) is 42.4 Å². The van der Waals surface area contributed by atoms with Crippen molar-refractivity contribution in [3.63, 3.8) is 0 Å². The summed E-state index contributed by atoms with van der Waals surface area (Å²) in [5, 5.41) is 6.13. The lowest BCUT2D eigenvalue weighted by Crippen LogP contribution is -2.56. The highest BCUT2D eigenvalue weighted by atomic mass is 35.5. The predicted octanol–water partition coefficient (Wildman–Crippen LogP) is 5.10. The maximum atomic E-state index is 13.8. The van der Waals surface area contributed by atoms with Crippen LogP contribution in [-0.2, 0) is 20.9 Å². The largest absolute Gasteiger partial charge is 0.341 e. The number of nitrogens with one attached hydrogen (secondary N) is 2. The van der Waals surface area contributed by atoms with Crippen molar-refractivity contribution in [2.75, 3.05) is 30.3 Å². The second-order valence-electron chi connectivity index (χ2n) is 11.8. The lowest BCUT2D eigenvalue weighted by Gasteiger charge is -2.35. The minimum absolute atomic E-state index is 0. The molecule has 1 aromatic carbocycles. The van der Waals surface area contributed by atoms with Crippen LogP contribution in [0.4, 0.5) is 0 Å². The van der Waals surface area contributed by atoms with E-state index in [4.69, 9.17) is 0 Å². The molecule has 10 heteroatoms. The van der Waals surface area contributed by atoms with Crippen LogP contribution in [0.25, 0.3) is 0 Å². The van der Waals surface area contributed by atoms with Crippen molar-refractivity contribution < 1.29 is 14.4 Å². The van der Waals surface area contributed by atoms with Gasteiger partial charge in [0.05, 0.1) is 6.54 Å². The monoisotopic (exact) mass is 623 g/mol. The zero-order valence-electron chi connectivity index (χ0n) is 24.6. The Kier molecular flexibility index (Phi) is 14.7. The first-order chi connectivity index (χ1) is 19.4. The van der Waals surface area contributed by atoms with Crippen LogP contribution in [0.15, 0.2) is 30.3 Å². The van der Waals surface area contributed by atoms with Crippen LogP contribution in [0.1, 0.15) is 70.8 Å². The van der Waals surface area contributed by atoms with E-state index in [9.17, 15) is 14.4 Å². The van der Waals surface area contributed by atoms with E-state index in [0.29, 0.717) is 43.0 Å². The molecule has 2 aliphatic heterocycles. The summed E-state index contributed by atoms with van der Waals surface area (Å²) in [5.41, 5.74) is 1.27. The molecular weight excluding hydrogens is 576 g/mol. The van der Waals surface area contributed by atoms with Gasteiger partial charge in [-0.15, -0.1) is 24.2 Å². The van der Waals surface area contributed by atoms with Gasteiger partial charge < -0.3 is 20.4 Å². The third-order valence-corrected chi connectivity index (χ3v) is 10.5.